The van der Waals surface area contributed by atoms with E-state index in [0.717, 1.165) is 12.0 Å². The van der Waals surface area contributed by atoms with Gasteiger partial charge in [0.2, 0.25) is 5.91 Å². The van der Waals surface area contributed by atoms with Gasteiger partial charge in [0.15, 0.2) is 5.75 Å². The van der Waals surface area contributed by atoms with Gasteiger partial charge in [0, 0.05) is 31.8 Å². The quantitative estimate of drug-likeness (QED) is 0.695. The van der Waals surface area contributed by atoms with Crippen molar-refractivity contribution in [3.05, 3.63) is 47.8 Å². The molecule has 1 aromatic carbocycles. The van der Waals surface area contributed by atoms with E-state index in [0.29, 0.717) is 23.6 Å². The van der Waals surface area contributed by atoms with Crippen molar-refractivity contribution >= 4 is 17.5 Å². The summed E-state index contributed by atoms with van der Waals surface area (Å²) in [6, 6.07) is 8.94. The Morgan fingerprint density at radius 1 is 1.28 bits per heavy atom. The van der Waals surface area contributed by atoms with Gasteiger partial charge in [-0.2, -0.15) is 0 Å². The molecule has 7 nitrogen and oxygen atoms in total. The van der Waals surface area contributed by atoms with Gasteiger partial charge >= 0.3 is 0 Å². The van der Waals surface area contributed by atoms with Crippen molar-refractivity contribution in [1.82, 2.24) is 10.3 Å². The maximum absolute atomic E-state index is 12.6. The Morgan fingerprint density at radius 3 is 2.69 bits per heavy atom. The number of rotatable bonds is 6. The maximum atomic E-state index is 12.6. The summed E-state index contributed by atoms with van der Waals surface area (Å²) in [6.45, 7) is 6.15. The summed E-state index contributed by atoms with van der Waals surface area (Å²) in [5.41, 5.74) is 7.86. The number of nitrogens with zero attached hydrogens (tertiary/aromatic N) is 1. The lowest BCUT2D eigenvalue weighted by molar-refractivity contribution is -0.120. The highest BCUT2D eigenvalue weighted by atomic mass is 16.5. The average molecular weight is 396 g/mol. The molecule has 1 saturated carbocycles. The number of amides is 2. The molecule has 154 valence electrons. The Hall–Kier alpha value is -2.93. The molecule has 2 amide bonds. The zero-order chi connectivity index (χ0) is 21.2. The summed E-state index contributed by atoms with van der Waals surface area (Å²) in [6.07, 6.45) is 2.79. The van der Waals surface area contributed by atoms with Crippen molar-refractivity contribution in [3.8, 4) is 11.5 Å². The van der Waals surface area contributed by atoms with Crippen LogP contribution in [-0.2, 0) is 4.79 Å². The molecule has 1 aliphatic carbocycles. The van der Waals surface area contributed by atoms with Crippen LogP contribution in [0.3, 0.4) is 0 Å². The van der Waals surface area contributed by atoms with E-state index in [1.807, 2.05) is 25.1 Å². The molecule has 1 heterocycles. The van der Waals surface area contributed by atoms with Gasteiger partial charge in [-0.15, -0.1) is 0 Å². The molecule has 0 aliphatic heterocycles. The predicted molar refractivity (Wildman–Crippen MR) is 112 cm³/mol. The van der Waals surface area contributed by atoms with Crippen LogP contribution < -0.4 is 21.1 Å². The van der Waals surface area contributed by atoms with Crippen molar-refractivity contribution < 1.29 is 14.3 Å². The highest BCUT2D eigenvalue weighted by Gasteiger charge is 2.46. The highest BCUT2D eigenvalue weighted by molar-refractivity contribution is 5.93. The molecule has 2 unspecified atom stereocenters. The van der Waals surface area contributed by atoms with Gasteiger partial charge in [0.25, 0.3) is 5.91 Å². The van der Waals surface area contributed by atoms with Crippen LogP contribution in [0.5, 0.6) is 11.5 Å². The minimum absolute atomic E-state index is 0.0305. The molecule has 0 bridgehead atoms. The number of benzene rings is 1. The zero-order valence-corrected chi connectivity index (χ0v) is 17.3. The Labute approximate surface area is 171 Å². The monoisotopic (exact) mass is 396 g/mol. The van der Waals surface area contributed by atoms with Gasteiger partial charge in [-0.05, 0) is 48.4 Å². The van der Waals surface area contributed by atoms with Crippen LogP contribution in [0.1, 0.15) is 42.7 Å². The third kappa shape index (κ3) is 4.56. The molecular formula is C22H28N4O3. The molecule has 1 aliphatic rings. The predicted octanol–water partition coefficient (Wildman–Crippen LogP) is 3.24. The summed E-state index contributed by atoms with van der Waals surface area (Å²) in [7, 11) is 1.54. The zero-order valence-electron chi connectivity index (χ0n) is 17.3. The number of ether oxygens (including phenoxy) is 1. The fourth-order valence-corrected chi connectivity index (χ4v) is 3.50. The largest absolute Gasteiger partial charge is 0.455 e. The van der Waals surface area contributed by atoms with Crippen molar-refractivity contribution in [2.75, 3.05) is 12.4 Å². The van der Waals surface area contributed by atoms with Crippen LogP contribution in [0.4, 0.5) is 5.69 Å². The molecule has 7 heteroatoms. The number of aromatic nitrogens is 1. The second-order valence-electron chi connectivity index (χ2n) is 8.17. The second-order valence-corrected chi connectivity index (χ2v) is 8.17. The van der Waals surface area contributed by atoms with Gasteiger partial charge in [-0.3, -0.25) is 14.6 Å². The SMILES string of the molecule is CNC(=O)c1cc(Oc2cc(C)ccc2NC(=O)CC2CC(N)C2(C)C)ccn1. The molecule has 2 aromatic rings. The van der Waals surface area contributed by atoms with Gasteiger partial charge in [0.05, 0.1) is 5.69 Å². The molecule has 0 spiro atoms. The molecule has 3 rings (SSSR count). The van der Waals surface area contributed by atoms with Crippen molar-refractivity contribution in [2.45, 2.75) is 39.7 Å². The van der Waals surface area contributed by atoms with E-state index >= 15 is 0 Å². The van der Waals surface area contributed by atoms with E-state index in [1.54, 1.807) is 19.2 Å². The molecular weight excluding hydrogens is 368 g/mol. The summed E-state index contributed by atoms with van der Waals surface area (Å²) in [5, 5.41) is 5.49. The van der Waals surface area contributed by atoms with Gasteiger partial charge < -0.3 is 21.1 Å². The Bertz CT molecular complexity index is 926. The van der Waals surface area contributed by atoms with E-state index in [4.69, 9.17) is 10.5 Å². The van der Waals surface area contributed by atoms with Crippen LogP contribution in [0, 0.1) is 18.3 Å². The first-order valence-electron chi connectivity index (χ1n) is 9.72. The van der Waals surface area contributed by atoms with Gasteiger partial charge in [-0.1, -0.05) is 19.9 Å². The van der Waals surface area contributed by atoms with E-state index in [2.05, 4.69) is 29.5 Å². The number of nitrogens with one attached hydrogen (secondary N) is 2. The third-order valence-electron chi connectivity index (χ3n) is 5.81. The molecule has 29 heavy (non-hydrogen) atoms. The maximum Gasteiger partial charge on any atom is 0.269 e. The normalized spacial score (nSPS) is 19.8. The Kier molecular flexibility index (Phi) is 5.88. The second kappa shape index (κ2) is 8.21. The first kappa shape index (κ1) is 20.8. The Morgan fingerprint density at radius 2 is 2.03 bits per heavy atom. The smallest absolute Gasteiger partial charge is 0.269 e. The lowest BCUT2D eigenvalue weighted by atomic mass is 9.58. The molecule has 0 radical (unpaired) electrons. The lowest BCUT2D eigenvalue weighted by Crippen LogP contribution is -2.55. The average Bonchev–Trinajstić information content (AvgIpc) is 2.69. The topological polar surface area (TPSA) is 106 Å². The molecule has 2 atom stereocenters. The lowest BCUT2D eigenvalue weighted by Gasteiger charge is -2.50. The summed E-state index contributed by atoms with van der Waals surface area (Å²) in [4.78, 5) is 28.4. The minimum Gasteiger partial charge on any atom is -0.455 e. The van der Waals surface area contributed by atoms with E-state index < -0.39 is 0 Å². The fraction of sp³-hybridized carbons (Fsp3) is 0.409. The van der Waals surface area contributed by atoms with Crippen molar-refractivity contribution in [3.63, 3.8) is 0 Å². The van der Waals surface area contributed by atoms with E-state index in [1.165, 1.54) is 6.20 Å². The number of carbonyl (C=O) groups is 2. The first-order valence-corrected chi connectivity index (χ1v) is 9.72. The number of hydrogen-bond acceptors (Lipinski definition) is 5. The number of anilines is 1. The molecule has 1 fully saturated rings. The first-order chi connectivity index (χ1) is 13.7. The van der Waals surface area contributed by atoms with Crippen LogP contribution in [-0.4, -0.2) is 29.9 Å². The van der Waals surface area contributed by atoms with Crippen LogP contribution >= 0.6 is 0 Å². The van der Waals surface area contributed by atoms with Crippen molar-refractivity contribution in [1.29, 1.82) is 0 Å². The van der Waals surface area contributed by atoms with E-state index in [-0.39, 0.29) is 34.9 Å². The number of pyridine rings is 1. The number of aryl methyl sites for hydroxylation is 1. The number of carbonyl (C=O) groups excluding carboxylic acids is 2. The van der Waals surface area contributed by atoms with Gasteiger partial charge in [-0.25, -0.2) is 0 Å². The number of hydrogen-bond donors (Lipinski definition) is 3. The summed E-state index contributed by atoms with van der Waals surface area (Å²) < 4.78 is 5.98. The molecule has 1 aromatic heterocycles. The van der Waals surface area contributed by atoms with Gasteiger partial charge in [0.1, 0.15) is 11.4 Å². The Balaban J connectivity index is 1.75. The van der Waals surface area contributed by atoms with Crippen LogP contribution in [0.2, 0.25) is 0 Å². The van der Waals surface area contributed by atoms with Crippen LogP contribution in [0.25, 0.3) is 0 Å². The fourth-order valence-electron chi connectivity index (χ4n) is 3.50. The van der Waals surface area contributed by atoms with E-state index in [9.17, 15) is 9.59 Å². The third-order valence-corrected chi connectivity index (χ3v) is 5.81. The summed E-state index contributed by atoms with van der Waals surface area (Å²) in [5.74, 6) is 0.879. The minimum atomic E-state index is -0.297. The molecule has 0 saturated heterocycles. The summed E-state index contributed by atoms with van der Waals surface area (Å²) >= 11 is 0. The number of nitrogens with two attached hydrogens (primary N) is 1. The highest BCUT2D eigenvalue weighted by Crippen LogP contribution is 2.47. The van der Waals surface area contributed by atoms with Crippen LogP contribution in [0.15, 0.2) is 36.5 Å². The van der Waals surface area contributed by atoms with Crippen molar-refractivity contribution in [2.24, 2.45) is 17.1 Å². The molecule has 4 N–H and O–H groups in total. The standard InChI is InChI=1S/C22H28N4O3/c1-13-5-6-16(26-20(27)11-14-10-19(23)22(14,2)3)18(9-13)29-15-7-8-25-17(12-15)21(28)24-4/h5-9,12,14,19H,10-11,23H2,1-4H3,(H,24,28)(H,26,27).